The van der Waals surface area contributed by atoms with Crippen molar-refractivity contribution in [1.29, 1.82) is 0 Å². The maximum absolute atomic E-state index is 10.6. The van der Waals surface area contributed by atoms with Crippen LogP contribution in [0.1, 0.15) is 29.5 Å². The van der Waals surface area contributed by atoms with Gasteiger partial charge in [-0.2, -0.15) is 0 Å². The van der Waals surface area contributed by atoms with Crippen molar-refractivity contribution in [2.75, 3.05) is 17.6 Å². The molecular formula is C25H29N3O3. The molecular weight excluding hydrogens is 390 g/mol. The number of nitrogen functional groups attached to an aromatic ring is 1. The van der Waals surface area contributed by atoms with Gasteiger partial charge in [-0.25, -0.2) is 0 Å². The number of benzene rings is 3. The Labute approximate surface area is 182 Å². The second kappa shape index (κ2) is 10.4. The number of aromatic hydroxyl groups is 1. The molecule has 1 aliphatic heterocycles. The van der Waals surface area contributed by atoms with Crippen LogP contribution in [0, 0.1) is 6.92 Å². The van der Waals surface area contributed by atoms with Crippen LogP contribution in [0.5, 0.6) is 17.2 Å². The van der Waals surface area contributed by atoms with Gasteiger partial charge in [0.15, 0.2) is 0 Å². The fraction of sp³-hybridized carbons (Fsp3) is 0.240. The molecule has 6 nitrogen and oxygen atoms in total. The number of para-hydroxylation sites is 1. The third kappa shape index (κ3) is 6.40. The number of rotatable bonds is 5. The van der Waals surface area contributed by atoms with E-state index in [1.807, 2.05) is 43.3 Å². The Morgan fingerprint density at radius 1 is 1.10 bits per heavy atom. The van der Waals surface area contributed by atoms with Gasteiger partial charge >= 0.3 is 0 Å². The van der Waals surface area contributed by atoms with Crippen LogP contribution < -0.4 is 21.5 Å². The number of phenols is 1. The molecule has 162 valence electrons. The average molecular weight is 420 g/mol. The molecule has 0 spiro atoms. The summed E-state index contributed by atoms with van der Waals surface area (Å²) in [5.74, 6) is 1.59. The zero-order chi connectivity index (χ0) is 22.2. The minimum absolute atomic E-state index is 0.142. The lowest BCUT2D eigenvalue weighted by Gasteiger charge is -2.18. The lowest BCUT2D eigenvalue weighted by Crippen LogP contribution is -2.12. The molecule has 1 heterocycles. The van der Waals surface area contributed by atoms with Crippen molar-refractivity contribution >= 4 is 17.3 Å². The molecule has 31 heavy (non-hydrogen) atoms. The molecule has 0 aromatic heterocycles. The van der Waals surface area contributed by atoms with E-state index < -0.39 is 0 Å². The Morgan fingerprint density at radius 2 is 1.87 bits per heavy atom. The summed E-state index contributed by atoms with van der Waals surface area (Å²) in [5.41, 5.74) is 15.6. The zero-order valence-corrected chi connectivity index (χ0v) is 17.7. The minimum atomic E-state index is -0.350. The summed E-state index contributed by atoms with van der Waals surface area (Å²) >= 11 is 0. The highest BCUT2D eigenvalue weighted by molar-refractivity contribution is 5.74. The van der Waals surface area contributed by atoms with Crippen LogP contribution >= 0.6 is 0 Å². The SMILES string of the molecule is Cc1cc(O)cc(N)c1CCC(N)=O.c1ccc(Oc2ccc3c(c2)CCCN3)cc1. The van der Waals surface area contributed by atoms with Crippen LogP contribution in [-0.4, -0.2) is 17.6 Å². The van der Waals surface area contributed by atoms with Gasteiger partial charge in [0.25, 0.3) is 0 Å². The zero-order valence-electron chi connectivity index (χ0n) is 17.7. The number of amides is 1. The molecule has 0 bridgehead atoms. The second-order valence-electron chi connectivity index (χ2n) is 7.56. The molecule has 0 unspecified atom stereocenters. The van der Waals surface area contributed by atoms with Crippen LogP contribution in [0.2, 0.25) is 0 Å². The summed E-state index contributed by atoms with van der Waals surface area (Å²) in [5, 5.41) is 12.6. The number of fused-ring (bicyclic) bond motifs is 1. The number of carbonyl (C=O) groups is 1. The first-order chi connectivity index (χ1) is 14.9. The number of ether oxygens (including phenoxy) is 1. The molecule has 3 aromatic carbocycles. The molecule has 3 aromatic rings. The van der Waals surface area contributed by atoms with Crippen molar-refractivity contribution < 1.29 is 14.6 Å². The lowest BCUT2D eigenvalue weighted by molar-refractivity contribution is -0.117. The molecule has 4 rings (SSSR count). The number of hydrogen-bond donors (Lipinski definition) is 4. The van der Waals surface area contributed by atoms with E-state index in [1.165, 1.54) is 23.7 Å². The monoisotopic (exact) mass is 419 g/mol. The van der Waals surface area contributed by atoms with Crippen molar-refractivity contribution in [3.63, 3.8) is 0 Å². The van der Waals surface area contributed by atoms with Gasteiger partial charge in [0.2, 0.25) is 5.91 Å². The Kier molecular flexibility index (Phi) is 7.38. The first kappa shape index (κ1) is 22.0. The number of phenolic OH excluding ortho intramolecular Hbond substituents is 1. The first-order valence-corrected chi connectivity index (χ1v) is 10.4. The summed E-state index contributed by atoms with van der Waals surface area (Å²) in [6.45, 7) is 2.91. The van der Waals surface area contributed by atoms with E-state index >= 15 is 0 Å². The number of aryl methyl sites for hydroxylation is 2. The molecule has 0 radical (unpaired) electrons. The van der Waals surface area contributed by atoms with Crippen LogP contribution in [0.3, 0.4) is 0 Å². The van der Waals surface area contributed by atoms with Crippen LogP contribution in [0.25, 0.3) is 0 Å². The van der Waals surface area contributed by atoms with E-state index in [0.29, 0.717) is 12.1 Å². The van der Waals surface area contributed by atoms with E-state index in [1.54, 1.807) is 6.07 Å². The predicted octanol–water partition coefficient (Wildman–Crippen LogP) is 4.54. The van der Waals surface area contributed by atoms with Gasteiger partial charge in [0.05, 0.1) is 0 Å². The summed E-state index contributed by atoms with van der Waals surface area (Å²) in [6, 6.07) is 19.2. The third-order valence-corrected chi connectivity index (χ3v) is 5.11. The van der Waals surface area contributed by atoms with Gasteiger partial charge in [-0.3, -0.25) is 4.79 Å². The van der Waals surface area contributed by atoms with Crippen molar-refractivity contribution in [3.05, 3.63) is 77.4 Å². The standard InChI is InChI=1S/C15H15NO.C10H14N2O2/c1-2-6-13(7-3-1)17-14-8-9-15-12(11-14)5-4-10-16-15;1-6-4-7(13)5-9(11)8(6)2-3-10(12)14/h1-3,6-9,11,16H,4-5,10H2;4-5,13H,2-3,11H2,1H3,(H2,12,14). The summed E-state index contributed by atoms with van der Waals surface area (Å²) in [4.78, 5) is 10.6. The molecule has 0 saturated heterocycles. The number of nitrogens with one attached hydrogen (secondary N) is 1. The highest BCUT2D eigenvalue weighted by Crippen LogP contribution is 2.29. The lowest BCUT2D eigenvalue weighted by atomic mass is 10.0. The second-order valence-corrected chi connectivity index (χ2v) is 7.56. The van der Waals surface area contributed by atoms with Crippen molar-refractivity contribution in [1.82, 2.24) is 0 Å². The Bertz CT molecular complexity index is 1010. The van der Waals surface area contributed by atoms with Gasteiger partial charge < -0.3 is 26.6 Å². The fourth-order valence-corrected chi connectivity index (χ4v) is 3.55. The van der Waals surface area contributed by atoms with E-state index in [4.69, 9.17) is 16.2 Å². The van der Waals surface area contributed by atoms with Crippen LogP contribution in [-0.2, 0) is 17.6 Å². The van der Waals surface area contributed by atoms with E-state index in [-0.39, 0.29) is 18.1 Å². The number of hydrogen-bond acceptors (Lipinski definition) is 5. The maximum Gasteiger partial charge on any atom is 0.217 e. The highest BCUT2D eigenvalue weighted by atomic mass is 16.5. The average Bonchev–Trinajstić information content (AvgIpc) is 2.74. The number of nitrogens with two attached hydrogens (primary N) is 2. The van der Waals surface area contributed by atoms with Gasteiger partial charge in [-0.05, 0) is 79.3 Å². The number of anilines is 2. The van der Waals surface area contributed by atoms with Gasteiger partial charge in [0.1, 0.15) is 17.2 Å². The largest absolute Gasteiger partial charge is 0.508 e. The molecule has 6 N–H and O–H groups in total. The quantitative estimate of drug-likeness (QED) is 0.454. The van der Waals surface area contributed by atoms with Crippen LogP contribution in [0.4, 0.5) is 11.4 Å². The van der Waals surface area contributed by atoms with E-state index in [9.17, 15) is 9.90 Å². The molecule has 0 saturated carbocycles. The van der Waals surface area contributed by atoms with E-state index in [0.717, 1.165) is 35.6 Å². The normalized spacial score (nSPS) is 12.0. The summed E-state index contributed by atoms with van der Waals surface area (Å²) in [7, 11) is 0. The topological polar surface area (TPSA) is 111 Å². The molecule has 0 aliphatic carbocycles. The molecule has 0 fully saturated rings. The molecule has 0 atom stereocenters. The van der Waals surface area contributed by atoms with E-state index in [2.05, 4.69) is 17.4 Å². The van der Waals surface area contributed by atoms with Crippen molar-refractivity contribution in [2.24, 2.45) is 5.73 Å². The highest BCUT2D eigenvalue weighted by Gasteiger charge is 2.09. The Hall–Kier alpha value is -3.67. The molecule has 1 amide bonds. The minimum Gasteiger partial charge on any atom is -0.508 e. The number of primary amides is 1. The Balaban J connectivity index is 0.000000180. The Morgan fingerprint density at radius 3 is 2.58 bits per heavy atom. The van der Waals surface area contributed by atoms with Gasteiger partial charge in [-0.1, -0.05) is 18.2 Å². The van der Waals surface area contributed by atoms with Gasteiger partial charge in [-0.15, -0.1) is 0 Å². The summed E-state index contributed by atoms with van der Waals surface area (Å²) < 4.78 is 5.82. The third-order valence-electron chi connectivity index (χ3n) is 5.11. The van der Waals surface area contributed by atoms with Crippen LogP contribution in [0.15, 0.2) is 60.7 Å². The summed E-state index contributed by atoms with van der Waals surface area (Å²) in [6.07, 6.45) is 3.12. The maximum atomic E-state index is 10.6. The molecule has 1 aliphatic rings. The number of carbonyl (C=O) groups excluding carboxylic acids is 1. The van der Waals surface area contributed by atoms with Gasteiger partial charge in [0, 0.05) is 30.4 Å². The van der Waals surface area contributed by atoms with Crippen molar-refractivity contribution in [3.8, 4) is 17.2 Å². The smallest absolute Gasteiger partial charge is 0.217 e. The molecule has 6 heteroatoms. The first-order valence-electron chi connectivity index (χ1n) is 10.4. The van der Waals surface area contributed by atoms with Crippen molar-refractivity contribution in [2.45, 2.75) is 32.6 Å². The predicted molar refractivity (Wildman–Crippen MR) is 125 cm³/mol. The fourth-order valence-electron chi connectivity index (χ4n) is 3.55.